The maximum atomic E-state index is 5.07. The summed E-state index contributed by atoms with van der Waals surface area (Å²) in [5.41, 5.74) is 1.29. The molecule has 0 atom stereocenters. The number of ether oxygens (including phenoxy) is 1. The van der Waals surface area contributed by atoms with E-state index in [1.165, 1.54) is 5.57 Å². The molecule has 0 amide bonds. The quantitative estimate of drug-likeness (QED) is 0.432. The Kier molecular flexibility index (Phi) is 4.73. The molecule has 0 aliphatic carbocycles. The van der Waals surface area contributed by atoms with Gasteiger partial charge in [-0.1, -0.05) is 18.6 Å². The minimum Gasteiger partial charge on any atom is -0.501 e. The van der Waals surface area contributed by atoms with Gasteiger partial charge in [-0.3, -0.25) is 0 Å². The highest BCUT2D eigenvalue weighted by molar-refractivity contribution is 5.11. The lowest BCUT2D eigenvalue weighted by Crippen LogP contribution is -1.81. The smallest absolute Gasteiger partial charge is 0.0952 e. The van der Waals surface area contributed by atoms with Gasteiger partial charge in [0, 0.05) is 6.42 Å². The van der Waals surface area contributed by atoms with Crippen molar-refractivity contribution in [1.82, 2.24) is 0 Å². The molecule has 0 radical (unpaired) electrons. The highest BCUT2D eigenvalue weighted by atomic mass is 16.5. The molecule has 10 heavy (non-hydrogen) atoms. The van der Waals surface area contributed by atoms with Crippen molar-refractivity contribution >= 4 is 0 Å². The fourth-order valence-corrected chi connectivity index (χ4v) is 0.590. The fraction of sp³-hybridized carbons (Fsp3) is 0.556. The topological polar surface area (TPSA) is 9.23 Å². The molecule has 0 spiro atoms. The summed E-state index contributed by atoms with van der Waals surface area (Å²) in [6.45, 7) is 6.22. The van der Waals surface area contributed by atoms with Crippen molar-refractivity contribution in [2.45, 2.75) is 27.2 Å². The molecule has 0 N–H and O–H groups in total. The van der Waals surface area contributed by atoms with Gasteiger partial charge >= 0.3 is 0 Å². The molecule has 1 nitrogen and oxygen atoms in total. The molecule has 1 heteroatoms. The molecule has 0 aromatic rings. The summed E-state index contributed by atoms with van der Waals surface area (Å²) in [5.74, 6) is 1.03. The molecule has 58 valence electrons. The Bertz CT molecular complexity index is 133. The van der Waals surface area contributed by atoms with E-state index in [-0.39, 0.29) is 0 Å². The van der Waals surface area contributed by atoms with Crippen LogP contribution in [0.3, 0.4) is 0 Å². The van der Waals surface area contributed by atoms with Crippen molar-refractivity contribution < 1.29 is 4.74 Å². The summed E-state index contributed by atoms with van der Waals surface area (Å²) in [4.78, 5) is 0. The average molecular weight is 140 g/mol. The van der Waals surface area contributed by atoms with Crippen LogP contribution < -0.4 is 0 Å². The second-order valence-electron chi connectivity index (χ2n) is 2.43. The molecular formula is C9H16O. The zero-order valence-electron chi connectivity index (χ0n) is 7.27. The summed E-state index contributed by atoms with van der Waals surface area (Å²) in [5, 5.41) is 0. The first-order valence-corrected chi connectivity index (χ1v) is 3.58. The lowest BCUT2D eigenvalue weighted by molar-refractivity contribution is 0.281. The Morgan fingerprint density at radius 2 is 1.90 bits per heavy atom. The van der Waals surface area contributed by atoms with E-state index in [0.717, 1.165) is 12.2 Å². The minimum atomic E-state index is 0.959. The van der Waals surface area contributed by atoms with Gasteiger partial charge in [0.15, 0.2) is 0 Å². The maximum Gasteiger partial charge on any atom is 0.0952 e. The zero-order valence-corrected chi connectivity index (χ0v) is 7.27. The lowest BCUT2D eigenvalue weighted by atomic mass is 10.3. The van der Waals surface area contributed by atoms with Crippen LogP contribution in [0.25, 0.3) is 0 Å². The third-order valence-corrected chi connectivity index (χ3v) is 1.21. The Morgan fingerprint density at radius 1 is 1.30 bits per heavy atom. The second-order valence-corrected chi connectivity index (χ2v) is 2.43. The average Bonchev–Trinajstić information content (AvgIpc) is 1.90. The second kappa shape index (κ2) is 5.10. The highest BCUT2D eigenvalue weighted by Gasteiger charge is 1.86. The summed E-state index contributed by atoms with van der Waals surface area (Å²) in [6, 6.07) is 0. The van der Waals surface area contributed by atoms with E-state index in [0.29, 0.717) is 0 Å². The highest BCUT2D eigenvalue weighted by Crippen LogP contribution is 2.01. The Morgan fingerprint density at radius 3 is 2.20 bits per heavy atom. The van der Waals surface area contributed by atoms with Gasteiger partial charge in [0.05, 0.1) is 12.9 Å². The first-order valence-electron chi connectivity index (χ1n) is 3.58. The Hall–Kier alpha value is -0.720. The number of rotatable bonds is 3. The van der Waals surface area contributed by atoms with E-state index in [9.17, 15) is 0 Å². The van der Waals surface area contributed by atoms with Gasteiger partial charge in [0.1, 0.15) is 0 Å². The third kappa shape index (κ3) is 4.19. The van der Waals surface area contributed by atoms with Gasteiger partial charge in [0.2, 0.25) is 0 Å². The Balaban J connectivity index is 3.99. The normalized spacial score (nSPS) is 11.0. The maximum absolute atomic E-state index is 5.07. The molecule has 0 saturated heterocycles. The van der Waals surface area contributed by atoms with Crippen LogP contribution in [0, 0.1) is 0 Å². The van der Waals surface area contributed by atoms with Crippen LogP contribution in [-0.4, -0.2) is 7.11 Å². The number of allylic oxidation sites excluding steroid dienone is 4. The standard InChI is InChI=1S/C9H16O/c1-5-9(10-4)7-6-8(2)3/h6-7H,5H2,1-4H3/b9-7+. The first kappa shape index (κ1) is 9.28. The molecule has 0 heterocycles. The molecule has 0 unspecified atom stereocenters. The molecule has 0 aromatic carbocycles. The van der Waals surface area contributed by atoms with E-state index in [2.05, 4.69) is 26.8 Å². The molecule has 0 saturated carbocycles. The van der Waals surface area contributed by atoms with E-state index >= 15 is 0 Å². The van der Waals surface area contributed by atoms with Gasteiger partial charge in [0.25, 0.3) is 0 Å². The van der Waals surface area contributed by atoms with Gasteiger partial charge in [-0.25, -0.2) is 0 Å². The molecular weight excluding hydrogens is 124 g/mol. The van der Waals surface area contributed by atoms with Gasteiger partial charge in [-0.15, -0.1) is 0 Å². The zero-order chi connectivity index (χ0) is 7.98. The predicted molar refractivity (Wildman–Crippen MR) is 44.8 cm³/mol. The number of methoxy groups -OCH3 is 1. The van der Waals surface area contributed by atoms with Gasteiger partial charge in [-0.2, -0.15) is 0 Å². The van der Waals surface area contributed by atoms with Crippen molar-refractivity contribution in [3.63, 3.8) is 0 Å². The van der Waals surface area contributed by atoms with Gasteiger partial charge < -0.3 is 4.74 Å². The fourth-order valence-electron chi connectivity index (χ4n) is 0.590. The molecule has 0 aliphatic heterocycles. The van der Waals surface area contributed by atoms with Crippen LogP contribution >= 0.6 is 0 Å². The van der Waals surface area contributed by atoms with Crippen molar-refractivity contribution in [3.8, 4) is 0 Å². The summed E-state index contributed by atoms with van der Waals surface area (Å²) in [7, 11) is 1.70. The van der Waals surface area contributed by atoms with E-state index in [1.54, 1.807) is 7.11 Å². The summed E-state index contributed by atoms with van der Waals surface area (Å²) >= 11 is 0. The molecule has 0 rings (SSSR count). The van der Waals surface area contributed by atoms with Gasteiger partial charge in [-0.05, 0) is 19.9 Å². The van der Waals surface area contributed by atoms with E-state index in [4.69, 9.17) is 4.74 Å². The Labute approximate surface area is 63.4 Å². The molecule has 0 aliphatic rings. The van der Waals surface area contributed by atoms with Crippen LogP contribution in [0.2, 0.25) is 0 Å². The van der Waals surface area contributed by atoms with Crippen molar-refractivity contribution in [2.24, 2.45) is 0 Å². The summed E-state index contributed by atoms with van der Waals surface area (Å²) in [6.07, 6.45) is 5.03. The number of hydrogen-bond acceptors (Lipinski definition) is 1. The van der Waals surface area contributed by atoms with Crippen LogP contribution in [0.5, 0.6) is 0 Å². The lowest BCUT2D eigenvalue weighted by Gasteiger charge is -1.99. The first-order chi connectivity index (χ1) is 4.70. The number of hydrogen-bond donors (Lipinski definition) is 0. The minimum absolute atomic E-state index is 0.959. The van der Waals surface area contributed by atoms with Crippen molar-refractivity contribution in [1.29, 1.82) is 0 Å². The van der Waals surface area contributed by atoms with Crippen LogP contribution in [0.1, 0.15) is 27.2 Å². The van der Waals surface area contributed by atoms with Crippen LogP contribution in [0.15, 0.2) is 23.5 Å². The SMILES string of the molecule is CC/C(=C\C=C(C)C)OC. The van der Waals surface area contributed by atoms with E-state index < -0.39 is 0 Å². The summed E-state index contributed by atoms with van der Waals surface area (Å²) < 4.78 is 5.07. The van der Waals surface area contributed by atoms with Crippen LogP contribution in [0.4, 0.5) is 0 Å². The largest absolute Gasteiger partial charge is 0.501 e. The molecule has 0 fully saturated rings. The predicted octanol–water partition coefficient (Wildman–Crippen LogP) is 2.89. The van der Waals surface area contributed by atoms with Crippen molar-refractivity contribution in [3.05, 3.63) is 23.5 Å². The van der Waals surface area contributed by atoms with Crippen LogP contribution in [-0.2, 0) is 4.74 Å². The van der Waals surface area contributed by atoms with Crippen molar-refractivity contribution in [2.75, 3.05) is 7.11 Å². The molecule has 0 bridgehead atoms. The van der Waals surface area contributed by atoms with E-state index in [1.807, 2.05) is 6.08 Å². The molecule has 0 aromatic heterocycles. The third-order valence-electron chi connectivity index (χ3n) is 1.21. The monoisotopic (exact) mass is 140 g/mol.